The zero-order chi connectivity index (χ0) is 12.8. The smallest absolute Gasteiger partial charge is 0.224 e. The molecule has 0 aliphatic heterocycles. The van der Waals surface area contributed by atoms with Crippen molar-refractivity contribution in [2.45, 2.75) is 25.5 Å². The molecule has 0 fully saturated rings. The highest BCUT2D eigenvalue weighted by atomic mass is 35.5. The second-order valence-corrected chi connectivity index (χ2v) is 4.34. The predicted octanol–water partition coefficient (Wildman–Crippen LogP) is 0.740. The molecule has 1 rings (SSSR count). The number of aliphatic hydroxyl groups excluding tert-OH is 2. The van der Waals surface area contributed by atoms with Crippen LogP contribution in [0.15, 0.2) is 24.3 Å². The average Bonchev–Trinajstić information content (AvgIpc) is 2.28. The van der Waals surface area contributed by atoms with Crippen molar-refractivity contribution in [2.24, 2.45) is 0 Å². The van der Waals surface area contributed by atoms with Gasteiger partial charge in [-0.2, -0.15) is 0 Å². The molecule has 0 radical (unpaired) electrons. The Kier molecular flexibility index (Phi) is 5.41. The van der Waals surface area contributed by atoms with E-state index in [4.69, 9.17) is 16.7 Å². The molecule has 0 heterocycles. The maximum atomic E-state index is 11.6. The molecule has 0 aliphatic carbocycles. The molecule has 2 atom stereocenters. The minimum atomic E-state index is -0.783. The molecule has 0 saturated carbocycles. The minimum Gasteiger partial charge on any atom is -0.394 e. The lowest BCUT2D eigenvalue weighted by Crippen LogP contribution is -2.45. The van der Waals surface area contributed by atoms with Crippen molar-refractivity contribution < 1.29 is 15.0 Å². The van der Waals surface area contributed by atoms with Gasteiger partial charge < -0.3 is 15.5 Å². The summed E-state index contributed by atoms with van der Waals surface area (Å²) in [5, 5.41) is 21.4. The van der Waals surface area contributed by atoms with E-state index in [9.17, 15) is 9.90 Å². The van der Waals surface area contributed by atoms with E-state index < -0.39 is 12.1 Å². The first-order chi connectivity index (χ1) is 8.02. The van der Waals surface area contributed by atoms with Gasteiger partial charge in [-0.15, -0.1) is 0 Å². The van der Waals surface area contributed by atoms with E-state index in [1.165, 1.54) is 6.92 Å². The number of carbonyl (C=O) groups excluding carboxylic acids is 1. The number of amides is 1. The van der Waals surface area contributed by atoms with E-state index in [0.29, 0.717) is 5.02 Å². The van der Waals surface area contributed by atoms with Gasteiger partial charge in [-0.1, -0.05) is 23.7 Å². The third-order valence-electron chi connectivity index (χ3n) is 2.40. The van der Waals surface area contributed by atoms with E-state index in [0.717, 1.165) is 5.56 Å². The molecule has 1 aromatic rings. The Morgan fingerprint density at radius 1 is 1.41 bits per heavy atom. The van der Waals surface area contributed by atoms with Crippen LogP contribution in [0.2, 0.25) is 5.02 Å². The van der Waals surface area contributed by atoms with Crippen molar-refractivity contribution in [3.63, 3.8) is 0 Å². The Morgan fingerprint density at radius 3 is 2.47 bits per heavy atom. The lowest BCUT2D eigenvalue weighted by atomic mass is 10.1. The number of aliphatic hydroxyl groups is 2. The van der Waals surface area contributed by atoms with Gasteiger partial charge in [0.1, 0.15) is 0 Å². The van der Waals surface area contributed by atoms with Gasteiger partial charge in [0, 0.05) is 5.02 Å². The van der Waals surface area contributed by atoms with Crippen LogP contribution in [0.4, 0.5) is 0 Å². The van der Waals surface area contributed by atoms with Crippen molar-refractivity contribution in [3.05, 3.63) is 34.9 Å². The van der Waals surface area contributed by atoms with E-state index in [2.05, 4.69) is 5.32 Å². The maximum Gasteiger partial charge on any atom is 0.224 e. The zero-order valence-corrected chi connectivity index (χ0v) is 10.3. The monoisotopic (exact) mass is 257 g/mol. The molecular formula is C12H16ClNO3. The number of carbonyl (C=O) groups is 1. The van der Waals surface area contributed by atoms with Crippen molar-refractivity contribution in [1.29, 1.82) is 0 Å². The van der Waals surface area contributed by atoms with E-state index in [1.54, 1.807) is 24.3 Å². The Labute approximate surface area is 105 Å². The number of hydrogen-bond acceptors (Lipinski definition) is 3. The second-order valence-electron chi connectivity index (χ2n) is 3.90. The van der Waals surface area contributed by atoms with Gasteiger partial charge in [0.05, 0.1) is 25.2 Å². The molecule has 1 aromatic carbocycles. The first kappa shape index (κ1) is 14.0. The van der Waals surface area contributed by atoms with Crippen LogP contribution in [0.25, 0.3) is 0 Å². The Hall–Kier alpha value is -1.10. The molecule has 0 bridgehead atoms. The van der Waals surface area contributed by atoms with Gasteiger partial charge in [0.2, 0.25) is 5.91 Å². The van der Waals surface area contributed by atoms with Crippen LogP contribution in [-0.4, -0.2) is 34.9 Å². The van der Waals surface area contributed by atoms with Crippen LogP contribution in [0.5, 0.6) is 0 Å². The van der Waals surface area contributed by atoms with E-state index in [1.807, 2.05) is 0 Å². The number of benzene rings is 1. The molecule has 0 aromatic heterocycles. The summed E-state index contributed by atoms with van der Waals surface area (Å²) in [7, 11) is 0. The standard InChI is InChI=1S/C12H16ClNO3/c1-8(16)11(7-15)14-12(17)6-9-2-4-10(13)5-3-9/h2-5,8,11,15-16H,6-7H2,1H3,(H,14,17)/t8?,11-/m1/s1. The number of halogens is 1. The first-order valence-corrected chi connectivity index (χ1v) is 5.73. The van der Waals surface area contributed by atoms with E-state index in [-0.39, 0.29) is 18.9 Å². The predicted molar refractivity (Wildman–Crippen MR) is 65.9 cm³/mol. The summed E-state index contributed by atoms with van der Waals surface area (Å²) in [4.78, 5) is 11.6. The minimum absolute atomic E-state index is 0.195. The quantitative estimate of drug-likeness (QED) is 0.729. The van der Waals surface area contributed by atoms with E-state index >= 15 is 0 Å². The number of hydrogen-bond donors (Lipinski definition) is 3. The maximum absolute atomic E-state index is 11.6. The molecule has 1 unspecified atom stereocenters. The largest absolute Gasteiger partial charge is 0.394 e. The highest BCUT2D eigenvalue weighted by Crippen LogP contribution is 2.09. The highest BCUT2D eigenvalue weighted by molar-refractivity contribution is 6.30. The zero-order valence-electron chi connectivity index (χ0n) is 9.56. The van der Waals surface area contributed by atoms with Crippen LogP contribution < -0.4 is 5.32 Å². The SMILES string of the molecule is CC(O)[C@@H](CO)NC(=O)Cc1ccc(Cl)cc1. The average molecular weight is 258 g/mol. The van der Waals surface area contributed by atoms with Gasteiger partial charge in [0.15, 0.2) is 0 Å². The van der Waals surface area contributed by atoms with Crippen LogP contribution >= 0.6 is 11.6 Å². The summed E-state index contributed by atoms with van der Waals surface area (Å²) < 4.78 is 0. The Balaban J connectivity index is 2.52. The van der Waals surface area contributed by atoms with Crippen LogP contribution in [0.1, 0.15) is 12.5 Å². The van der Waals surface area contributed by atoms with Crippen LogP contribution in [-0.2, 0) is 11.2 Å². The molecule has 94 valence electrons. The highest BCUT2D eigenvalue weighted by Gasteiger charge is 2.16. The third-order valence-corrected chi connectivity index (χ3v) is 2.66. The Bertz CT molecular complexity index is 365. The summed E-state index contributed by atoms with van der Waals surface area (Å²) in [5.74, 6) is -0.243. The fourth-order valence-electron chi connectivity index (χ4n) is 1.36. The molecule has 0 aliphatic rings. The molecule has 4 nitrogen and oxygen atoms in total. The molecule has 0 spiro atoms. The summed E-state index contributed by atoms with van der Waals surface area (Å²) >= 11 is 5.73. The molecule has 1 amide bonds. The van der Waals surface area contributed by atoms with Crippen molar-refractivity contribution in [3.8, 4) is 0 Å². The van der Waals surface area contributed by atoms with Crippen molar-refractivity contribution in [2.75, 3.05) is 6.61 Å². The molecular weight excluding hydrogens is 242 g/mol. The van der Waals surface area contributed by atoms with Crippen LogP contribution in [0.3, 0.4) is 0 Å². The summed E-state index contributed by atoms with van der Waals surface area (Å²) in [6.45, 7) is 1.23. The number of nitrogens with one attached hydrogen (secondary N) is 1. The molecule has 3 N–H and O–H groups in total. The summed E-state index contributed by atoms with van der Waals surface area (Å²) in [6, 6.07) is 6.32. The third kappa shape index (κ3) is 4.73. The second kappa shape index (κ2) is 6.59. The van der Waals surface area contributed by atoms with Gasteiger partial charge in [-0.25, -0.2) is 0 Å². The lowest BCUT2D eigenvalue weighted by molar-refractivity contribution is -0.122. The summed E-state index contributed by atoms with van der Waals surface area (Å²) in [5.41, 5.74) is 0.828. The molecule has 5 heteroatoms. The van der Waals surface area contributed by atoms with Crippen molar-refractivity contribution in [1.82, 2.24) is 5.32 Å². The molecule has 17 heavy (non-hydrogen) atoms. The molecule has 0 saturated heterocycles. The topological polar surface area (TPSA) is 69.6 Å². The van der Waals surface area contributed by atoms with Gasteiger partial charge >= 0.3 is 0 Å². The van der Waals surface area contributed by atoms with Crippen LogP contribution in [0, 0.1) is 0 Å². The first-order valence-electron chi connectivity index (χ1n) is 5.35. The van der Waals surface area contributed by atoms with Gasteiger partial charge in [0.25, 0.3) is 0 Å². The fraction of sp³-hybridized carbons (Fsp3) is 0.417. The van der Waals surface area contributed by atoms with Gasteiger partial charge in [-0.3, -0.25) is 4.79 Å². The fourth-order valence-corrected chi connectivity index (χ4v) is 1.49. The Morgan fingerprint density at radius 2 is 2.00 bits per heavy atom. The normalized spacial score (nSPS) is 14.1. The summed E-state index contributed by atoms with van der Waals surface area (Å²) in [6.07, 6.45) is -0.588. The van der Waals surface area contributed by atoms with Gasteiger partial charge in [-0.05, 0) is 24.6 Å². The number of rotatable bonds is 5. The van der Waals surface area contributed by atoms with Crippen molar-refractivity contribution >= 4 is 17.5 Å². The lowest BCUT2D eigenvalue weighted by Gasteiger charge is -2.18.